The van der Waals surface area contributed by atoms with Gasteiger partial charge in [-0.3, -0.25) is 9.50 Å². The number of para-hydroxylation sites is 1. The van der Waals surface area contributed by atoms with E-state index in [-0.39, 0.29) is 5.69 Å². The van der Waals surface area contributed by atoms with Crippen molar-refractivity contribution in [2.24, 2.45) is 7.05 Å². The quantitative estimate of drug-likeness (QED) is 0.624. The van der Waals surface area contributed by atoms with Crippen molar-refractivity contribution < 1.29 is 4.74 Å². The summed E-state index contributed by atoms with van der Waals surface area (Å²) in [7, 11) is 1.71. The number of aryl methyl sites for hydroxylation is 1. The molecule has 4 rings (SSSR count). The fraction of sp³-hybridized carbons (Fsp3) is 0.118. The first kappa shape index (κ1) is 14.3. The number of nitrogens with zero attached hydrogens (tertiary/aromatic N) is 4. The van der Waals surface area contributed by atoms with Crippen molar-refractivity contribution in [2.45, 2.75) is 6.61 Å². The molecule has 1 aromatic carbocycles. The largest absolute Gasteiger partial charge is 0.487 e. The van der Waals surface area contributed by atoms with E-state index >= 15 is 0 Å². The van der Waals surface area contributed by atoms with E-state index in [4.69, 9.17) is 4.74 Å². The SMILES string of the molecule is Cn1cc(-c2cn[nH]c2)c2nc(COc3ccccc3)cn2c1=O. The van der Waals surface area contributed by atoms with Crippen LogP contribution in [-0.4, -0.2) is 24.1 Å². The van der Waals surface area contributed by atoms with Crippen molar-refractivity contribution in [3.8, 4) is 16.9 Å². The Labute approximate surface area is 137 Å². The number of rotatable bonds is 4. The van der Waals surface area contributed by atoms with Gasteiger partial charge in [0.2, 0.25) is 0 Å². The molecular formula is C17H15N5O2. The molecule has 0 aliphatic rings. The number of ether oxygens (including phenoxy) is 1. The smallest absolute Gasteiger partial charge is 0.333 e. The fourth-order valence-corrected chi connectivity index (χ4v) is 2.59. The van der Waals surface area contributed by atoms with E-state index in [2.05, 4.69) is 15.2 Å². The number of hydrogen-bond donors (Lipinski definition) is 1. The van der Waals surface area contributed by atoms with Gasteiger partial charge in [-0.15, -0.1) is 0 Å². The maximum absolute atomic E-state index is 12.4. The second kappa shape index (κ2) is 5.69. The highest BCUT2D eigenvalue weighted by atomic mass is 16.5. The fourth-order valence-electron chi connectivity index (χ4n) is 2.59. The van der Waals surface area contributed by atoms with Crippen LogP contribution in [0.25, 0.3) is 16.8 Å². The lowest BCUT2D eigenvalue weighted by Crippen LogP contribution is -2.23. The van der Waals surface area contributed by atoms with Gasteiger partial charge in [0.15, 0.2) is 5.65 Å². The molecule has 7 heteroatoms. The molecule has 0 unspecified atom stereocenters. The van der Waals surface area contributed by atoms with E-state index in [9.17, 15) is 4.79 Å². The second-order valence-corrected chi connectivity index (χ2v) is 5.45. The van der Waals surface area contributed by atoms with Crippen LogP contribution in [0, 0.1) is 0 Å². The lowest BCUT2D eigenvalue weighted by Gasteiger charge is -2.04. The number of aromatic amines is 1. The number of fused-ring (bicyclic) bond motifs is 1. The van der Waals surface area contributed by atoms with Gasteiger partial charge >= 0.3 is 5.69 Å². The van der Waals surface area contributed by atoms with Gasteiger partial charge in [0.25, 0.3) is 0 Å². The normalized spacial score (nSPS) is 11.0. The van der Waals surface area contributed by atoms with Crippen LogP contribution in [0.4, 0.5) is 0 Å². The molecule has 0 amide bonds. The molecule has 24 heavy (non-hydrogen) atoms. The Morgan fingerprint density at radius 3 is 2.79 bits per heavy atom. The summed E-state index contributed by atoms with van der Waals surface area (Å²) >= 11 is 0. The lowest BCUT2D eigenvalue weighted by atomic mass is 10.2. The van der Waals surface area contributed by atoms with Gasteiger partial charge < -0.3 is 9.30 Å². The maximum atomic E-state index is 12.4. The number of hydrogen-bond acceptors (Lipinski definition) is 4. The molecule has 1 N–H and O–H groups in total. The van der Waals surface area contributed by atoms with Crippen LogP contribution in [0.1, 0.15) is 5.69 Å². The topological polar surface area (TPSA) is 77.2 Å². The average Bonchev–Trinajstić information content (AvgIpc) is 3.27. The molecule has 120 valence electrons. The Morgan fingerprint density at radius 2 is 2.04 bits per heavy atom. The van der Waals surface area contributed by atoms with Crippen molar-refractivity contribution >= 4 is 5.65 Å². The minimum Gasteiger partial charge on any atom is -0.487 e. The van der Waals surface area contributed by atoms with E-state index in [1.807, 2.05) is 30.3 Å². The summed E-state index contributed by atoms with van der Waals surface area (Å²) in [6.45, 7) is 0.291. The van der Waals surface area contributed by atoms with Crippen LogP contribution in [-0.2, 0) is 13.7 Å². The summed E-state index contributed by atoms with van der Waals surface area (Å²) < 4.78 is 8.78. The molecule has 4 aromatic rings. The predicted molar refractivity (Wildman–Crippen MR) is 88.8 cm³/mol. The molecule has 0 fully saturated rings. The standard InChI is InChI=1S/C17H15N5O2/c1-21-10-15(12-7-18-19-8-12)16-20-13(9-22(16)17(21)23)11-24-14-5-3-2-4-6-14/h2-10H,11H2,1H3,(H,18,19). The van der Waals surface area contributed by atoms with Crippen LogP contribution in [0.2, 0.25) is 0 Å². The molecular weight excluding hydrogens is 306 g/mol. The third-order valence-electron chi connectivity index (χ3n) is 3.77. The Bertz CT molecular complexity index is 1030. The van der Waals surface area contributed by atoms with E-state index < -0.39 is 0 Å². The maximum Gasteiger partial charge on any atom is 0.333 e. The van der Waals surface area contributed by atoms with E-state index in [0.717, 1.165) is 16.9 Å². The van der Waals surface area contributed by atoms with Crippen molar-refractivity contribution in [3.63, 3.8) is 0 Å². The minimum atomic E-state index is -0.157. The monoisotopic (exact) mass is 321 g/mol. The Hall–Kier alpha value is -3.35. The highest BCUT2D eigenvalue weighted by molar-refractivity contribution is 5.75. The molecule has 0 saturated carbocycles. The number of nitrogens with one attached hydrogen (secondary N) is 1. The zero-order valence-corrected chi connectivity index (χ0v) is 13.0. The second-order valence-electron chi connectivity index (χ2n) is 5.45. The first-order valence-electron chi connectivity index (χ1n) is 7.47. The molecule has 0 aliphatic carbocycles. The third-order valence-corrected chi connectivity index (χ3v) is 3.77. The zero-order chi connectivity index (χ0) is 16.5. The predicted octanol–water partition coefficient (Wildman–Crippen LogP) is 2.00. The minimum absolute atomic E-state index is 0.157. The summed E-state index contributed by atoms with van der Waals surface area (Å²) in [5.41, 5.74) is 2.82. The Morgan fingerprint density at radius 1 is 1.21 bits per heavy atom. The molecule has 3 heterocycles. The summed E-state index contributed by atoms with van der Waals surface area (Å²) in [4.78, 5) is 16.9. The molecule has 0 radical (unpaired) electrons. The zero-order valence-electron chi connectivity index (χ0n) is 13.0. The molecule has 0 spiro atoms. The van der Waals surface area contributed by atoms with Crippen molar-refractivity contribution in [2.75, 3.05) is 0 Å². The van der Waals surface area contributed by atoms with Gasteiger partial charge in [-0.05, 0) is 12.1 Å². The number of benzene rings is 1. The first-order chi connectivity index (χ1) is 11.7. The van der Waals surface area contributed by atoms with E-state index in [1.165, 1.54) is 8.97 Å². The van der Waals surface area contributed by atoms with Crippen molar-refractivity contribution in [3.05, 3.63) is 71.3 Å². The van der Waals surface area contributed by atoms with E-state index in [1.54, 1.807) is 31.8 Å². The molecule has 0 atom stereocenters. The first-order valence-corrected chi connectivity index (χ1v) is 7.47. The van der Waals surface area contributed by atoms with Crippen LogP contribution < -0.4 is 10.4 Å². The Balaban J connectivity index is 1.75. The van der Waals surface area contributed by atoms with Gasteiger partial charge in [0.1, 0.15) is 12.4 Å². The third kappa shape index (κ3) is 2.45. The number of H-pyrrole nitrogens is 1. The van der Waals surface area contributed by atoms with Gasteiger partial charge in [0.05, 0.1) is 11.9 Å². The molecule has 3 aromatic heterocycles. The van der Waals surface area contributed by atoms with Gasteiger partial charge in [-0.1, -0.05) is 18.2 Å². The number of aromatic nitrogens is 5. The van der Waals surface area contributed by atoms with Gasteiger partial charge in [-0.25, -0.2) is 9.78 Å². The van der Waals surface area contributed by atoms with Crippen LogP contribution in [0.15, 0.2) is 59.9 Å². The molecule has 0 saturated heterocycles. The van der Waals surface area contributed by atoms with Gasteiger partial charge in [0, 0.05) is 36.8 Å². The molecule has 0 aliphatic heterocycles. The van der Waals surface area contributed by atoms with Crippen LogP contribution in [0.5, 0.6) is 5.75 Å². The van der Waals surface area contributed by atoms with Crippen molar-refractivity contribution in [1.29, 1.82) is 0 Å². The molecule has 0 bridgehead atoms. The summed E-state index contributed by atoms with van der Waals surface area (Å²) in [6.07, 6.45) is 6.95. The number of imidazole rings is 1. The highest BCUT2D eigenvalue weighted by Gasteiger charge is 2.13. The van der Waals surface area contributed by atoms with Crippen LogP contribution in [0.3, 0.4) is 0 Å². The summed E-state index contributed by atoms with van der Waals surface area (Å²) in [5.74, 6) is 0.762. The summed E-state index contributed by atoms with van der Waals surface area (Å²) in [5, 5.41) is 6.75. The highest BCUT2D eigenvalue weighted by Crippen LogP contribution is 2.22. The average molecular weight is 321 g/mol. The van der Waals surface area contributed by atoms with E-state index in [0.29, 0.717) is 17.9 Å². The Kier molecular flexibility index (Phi) is 3.38. The summed E-state index contributed by atoms with van der Waals surface area (Å²) in [6, 6.07) is 9.51. The van der Waals surface area contributed by atoms with Crippen molar-refractivity contribution in [1.82, 2.24) is 24.1 Å². The lowest BCUT2D eigenvalue weighted by molar-refractivity contribution is 0.302. The molecule has 7 nitrogen and oxygen atoms in total. The van der Waals surface area contributed by atoms with Gasteiger partial charge in [-0.2, -0.15) is 5.10 Å². The van der Waals surface area contributed by atoms with Crippen LogP contribution >= 0.6 is 0 Å².